The largest absolute Gasteiger partial charge is 0.493 e. The minimum absolute atomic E-state index is 0.198. The van der Waals surface area contributed by atoms with Crippen LogP contribution in [0.1, 0.15) is 25.7 Å². The molecule has 0 atom stereocenters. The molecule has 0 bridgehead atoms. The third-order valence-corrected chi connectivity index (χ3v) is 4.45. The summed E-state index contributed by atoms with van der Waals surface area (Å²) in [4.78, 5) is 0. The molecule has 6 heteroatoms. The van der Waals surface area contributed by atoms with Gasteiger partial charge in [0, 0.05) is 12.6 Å². The fourth-order valence-corrected chi connectivity index (χ4v) is 3.13. The van der Waals surface area contributed by atoms with E-state index >= 15 is 0 Å². The number of nitrogens with two attached hydrogens (primary N) is 1. The number of aryl methyl sites for hydroxylation is 1. The number of rotatable bonds is 4. The molecule has 0 unspecified atom stereocenters. The molecule has 1 saturated carbocycles. The van der Waals surface area contributed by atoms with Gasteiger partial charge in [0.15, 0.2) is 11.5 Å². The molecule has 2 N–H and O–H groups in total. The molecule has 1 heterocycles. The van der Waals surface area contributed by atoms with Crippen LogP contribution in [-0.2, 0) is 7.05 Å². The van der Waals surface area contributed by atoms with Gasteiger partial charge in [0.25, 0.3) is 0 Å². The maximum Gasteiger partial charge on any atom is 0.171 e. The number of hydrogen-bond donors (Lipinski definition) is 1. The Balaban J connectivity index is 2.12. The van der Waals surface area contributed by atoms with E-state index in [1.165, 1.54) is 12.8 Å². The predicted octanol–water partition coefficient (Wildman–Crippen LogP) is 3.65. The number of hydrogen-bond acceptors (Lipinski definition) is 4. The second-order valence-corrected chi connectivity index (χ2v) is 5.95. The average molecular weight is 322 g/mol. The first kappa shape index (κ1) is 15.0. The van der Waals surface area contributed by atoms with Gasteiger partial charge in [-0.2, -0.15) is 5.10 Å². The Bertz CT molecular complexity index is 678. The van der Waals surface area contributed by atoms with Crippen LogP contribution >= 0.6 is 11.6 Å². The number of methoxy groups -OCH3 is 1. The van der Waals surface area contributed by atoms with E-state index in [1.54, 1.807) is 31.1 Å². The Labute approximate surface area is 135 Å². The SMILES string of the molecule is COc1ccc(Cl)c(-c2cnn(C)c2N)c1OC1CCCC1. The standard InChI is InChI=1S/C16H20ClN3O2/c1-20-16(18)11(9-19-20)14-12(17)7-8-13(21-2)15(14)22-10-5-3-4-6-10/h7-10H,3-6,18H2,1-2H3. The lowest BCUT2D eigenvalue weighted by Crippen LogP contribution is -2.12. The monoisotopic (exact) mass is 321 g/mol. The zero-order valence-corrected chi connectivity index (χ0v) is 13.6. The Hall–Kier alpha value is -1.88. The van der Waals surface area contributed by atoms with Crippen molar-refractivity contribution in [3.05, 3.63) is 23.4 Å². The summed E-state index contributed by atoms with van der Waals surface area (Å²) in [5.41, 5.74) is 7.63. The summed E-state index contributed by atoms with van der Waals surface area (Å²) < 4.78 is 13.3. The maximum absolute atomic E-state index is 6.43. The van der Waals surface area contributed by atoms with Gasteiger partial charge >= 0.3 is 0 Å². The van der Waals surface area contributed by atoms with Crippen molar-refractivity contribution in [2.75, 3.05) is 12.8 Å². The Morgan fingerprint density at radius 2 is 2.05 bits per heavy atom. The Morgan fingerprint density at radius 1 is 1.32 bits per heavy atom. The van der Waals surface area contributed by atoms with E-state index in [2.05, 4.69) is 5.10 Å². The Morgan fingerprint density at radius 3 is 2.64 bits per heavy atom. The smallest absolute Gasteiger partial charge is 0.171 e. The summed E-state index contributed by atoms with van der Waals surface area (Å²) in [7, 11) is 3.42. The molecule has 0 spiro atoms. The highest BCUT2D eigenvalue weighted by molar-refractivity contribution is 6.34. The molecule has 1 aliphatic carbocycles. The quantitative estimate of drug-likeness (QED) is 0.933. The number of aromatic nitrogens is 2. The molecule has 1 aromatic heterocycles. The van der Waals surface area contributed by atoms with E-state index in [9.17, 15) is 0 Å². The van der Waals surface area contributed by atoms with Crippen LogP contribution in [0.2, 0.25) is 5.02 Å². The van der Waals surface area contributed by atoms with Gasteiger partial charge in [-0.3, -0.25) is 4.68 Å². The summed E-state index contributed by atoms with van der Waals surface area (Å²) in [6, 6.07) is 3.62. The molecule has 118 valence electrons. The van der Waals surface area contributed by atoms with Crippen LogP contribution in [0.4, 0.5) is 5.82 Å². The summed E-state index contributed by atoms with van der Waals surface area (Å²) in [6.45, 7) is 0. The van der Waals surface area contributed by atoms with E-state index in [-0.39, 0.29) is 6.10 Å². The Kier molecular flexibility index (Phi) is 4.16. The number of ether oxygens (including phenoxy) is 2. The number of nitrogens with zero attached hydrogens (tertiary/aromatic N) is 2. The summed E-state index contributed by atoms with van der Waals surface area (Å²) in [6.07, 6.45) is 6.40. The van der Waals surface area contributed by atoms with Gasteiger partial charge in [0.05, 0.1) is 30.0 Å². The maximum atomic E-state index is 6.43. The lowest BCUT2D eigenvalue weighted by molar-refractivity contribution is 0.202. The van der Waals surface area contributed by atoms with Crippen molar-refractivity contribution in [3.8, 4) is 22.6 Å². The molecule has 1 fully saturated rings. The molecule has 3 rings (SSSR count). The fourth-order valence-electron chi connectivity index (χ4n) is 2.88. The van der Waals surface area contributed by atoms with Gasteiger partial charge in [0.2, 0.25) is 0 Å². The van der Waals surface area contributed by atoms with E-state index < -0.39 is 0 Å². The van der Waals surface area contributed by atoms with Gasteiger partial charge in [-0.1, -0.05) is 11.6 Å². The lowest BCUT2D eigenvalue weighted by atomic mass is 10.1. The molecule has 5 nitrogen and oxygen atoms in total. The molecule has 1 aliphatic rings. The first-order valence-corrected chi connectivity index (χ1v) is 7.80. The number of nitrogen functional groups attached to an aromatic ring is 1. The highest BCUT2D eigenvalue weighted by Gasteiger charge is 2.24. The van der Waals surface area contributed by atoms with Gasteiger partial charge in [-0.15, -0.1) is 0 Å². The van der Waals surface area contributed by atoms with Crippen LogP contribution in [-0.4, -0.2) is 23.0 Å². The van der Waals surface area contributed by atoms with Crippen molar-refractivity contribution in [1.82, 2.24) is 9.78 Å². The van der Waals surface area contributed by atoms with E-state index in [0.717, 1.165) is 24.0 Å². The minimum atomic E-state index is 0.198. The van der Waals surface area contributed by atoms with E-state index in [4.69, 9.17) is 26.8 Å². The van der Waals surface area contributed by atoms with Crippen LogP contribution in [0.15, 0.2) is 18.3 Å². The lowest BCUT2D eigenvalue weighted by Gasteiger charge is -2.20. The minimum Gasteiger partial charge on any atom is -0.493 e. The van der Waals surface area contributed by atoms with Gasteiger partial charge in [-0.05, 0) is 37.8 Å². The van der Waals surface area contributed by atoms with Crippen LogP contribution in [0.5, 0.6) is 11.5 Å². The zero-order chi connectivity index (χ0) is 15.7. The van der Waals surface area contributed by atoms with Crippen molar-refractivity contribution in [1.29, 1.82) is 0 Å². The molecule has 0 amide bonds. The molecule has 0 saturated heterocycles. The van der Waals surface area contributed by atoms with Crippen LogP contribution in [0.25, 0.3) is 11.1 Å². The normalized spacial score (nSPS) is 15.2. The summed E-state index contributed by atoms with van der Waals surface area (Å²) in [5.74, 6) is 1.86. The van der Waals surface area contributed by atoms with Gasteiger partial charge in [0.1, 0.15) is 5.82 Å². The van der Waals surface area contributed by atoms with E-state index in [1.807, 2.05) is 6.07 Å². The molecule has 1 aromatic carbocycles. The van der Waals surface area contributed by atoms with Crippen molar-refractivity contribution in [2.24, 2.45) is 7.05 Å². The van der Waals surface area contributed by atoms with Crippen molar-refractivity contribution in [3.63, 3.8) is 0 Å². The van der Waals surface area contributed by atoms with Gasteiger partial charge in [-0.25, -0.2) is 0 Å². The highest BCUT2D eigenvalue weighted by Crippen LogP contribution is 2.46. The predicted molar refractivity (Wildman–Crippen MR) is 87.5 cm³/mol. The molecule has 22 heavy (non-hydrogen) atoms. The third kappa shape index (κ3) is 2.61. The third-order valence-electron chi connectivity index (χ3n) is 4.13. The first-order valence-electron chi connectivity index (χ1n) is 7.42. The average Bonchev–Trinajstić information content (AvgIpc) is 3.12. The molecule has 0 aliphatic heterocycles. The number of halogens is 1. The van der Waals surface area contributed by atoms with Crippen LogP contribution in [0.3, 0.4) is 0 Å². The first-order chi connectivity index (χ1) is 10.6. The molecular weight excluding hydrogens is 302 g/mol. The van der Waals surface area contributed by atoms with Crippen LogP contribution < -0.4 is 15.2 Å². The van der Waals surface area contributed by atoms with Crippen molar-refractivity contribution in [2.45, 2.75) is 31.8 Å². The topological polar surface area (TPSA) is 62.3 Å². The van der Waals surface area contributed by atoms with E-state index in [0.29, 0.717) is 22.3 Å². The fraction of sp³-hybridized carbons (Fsp3) is 0.438. The second kappa shape index (κ2) is 6.08. The number of anilines is 1. The molecule has 2 aromatic rings. The summed E-state index contributed by atoms with van der Waals surface area (Å²) >= 11 is 6.43. The van der Waals surface area contributed by atoms with Crippen molar-refractivity contribution >= 4 is 17.4 Å². The molecular formula is C16H20ClN3O2. The number of benzene rings is 1. The van der Waals surface area contributed by atoms with Crippen LogP contribution in [0, 0.1) is 0 Å². The zero-order valence-electron chi connectivity index (χ0n) is 12.8. The van der Waals surface area contributed by atoms with Crippen molar-refractivity contribution < 1.29 is 9.47 Å². The highest BCUT2D eigenvalue weighted by atomic mass is 35.5. The van der Waals surface area contributed by atoms with Gasteiger partial charge < -0.3 is 15.2 Å². The summed E-state index contributed by atoms with van der Waals surface area (Å²) in [5, 5.41) is 4.78. The second-order valence-electron chi connectivity index (χ2n) is 5.55. The molecule has 0 radical (unpaired) electrons.